The predicted molar refractivity (Wildman–Crippen MR) is 175 cm³/mol. The van der Waals surface area contributed by atoms with Gasteiger partial charge in [0.1, 0.15) is 17.6 Å². The fraction of sp³-hybridized carbons (Fsp3) is 0.324. The lowest BCUT2D eigenvalue weighted by Crippen LogP contribution is -2.41. The molecule has 1 amide bonds. The third-order valence-electron chi connectivity index (χ3n) is 7.48. The second-order valence-electron chi connectivity index (χ2n) is 10.6. The minimum atomic E-state index is -2.33. The molecule has 3 aromatic carbocycles. The zero-order valence-corrected chi connectivity index (χ0v) is 28.2. The highest BCUT2D eigenvalue weighted by atomic mass is 32.1. The van der Waals surface area contributed by atoms with Gasteiger partial charge in [0, 0.05) is 17.6 Å². The van der Waals surface area contributed by atoms with Gasteiger partial charge in [-0.3, -0.25) is 4.79 Å². The van der Waals surface area contributed by atoms with Gasteiger partial charge in [-0.15, -0.1) is 0 Å². The number of alkyl carbamates (subject to hydrolysis) is 1. The molecular weight excluding hydrogens is 661 g/mol. The molecule has 0 saturated heterocycles. The van der Waals surface area contributed by atoms with Crippen molar-refractivity contribution in [3.8, 4) is 23.0 Å². The van der Waals surface area contributed by atoms with Crippen molar-refractivity contribution < 1.29 is 51.9 Å². The Kier molecular flexibility index (Phi) is 10.8. The first kappa shape index (κ1) is 34.9. The normalized spacial score (nSPS) is 15.5. The molecule has 0 fully saturated rings. The molecule has 0 aliphatic carbocycles. The maximum atomic E-state index is 15.6. The van der Waals surface area contributed by atoms with Crippen LogP contribution in [0.4, 0.5) is 9.18 Å². The van der Waals surface area contributed by atoms with Crippen LogP contribution in [0.5, 0.6) is 23.0 Å². The van der Waals surface area contributed by atoms with Crippen molar-refractivity contribution in [1.82, 2.24) is 14.1 Å². The van der Waals surface area contributed by atoms with E-state index in [1.54, 1.807) is 37.3 Å². The van der Waals surface area contributed by atoms with Gasteiger partial charge < -0.3 is 38.5 Å². The average Bonchev–Trinajstić information content (AvgIpc) is 3.67. The van der Waals surface area contributed by atoms with Gasteiger partial charge >= 0.3 is 23.8 Å². The summed E-state index contributed by atoms with van der Waals surface area (Å²) >= 11 is 1.00. The highest BCUT2D eigenvalue weighted by Gasteiger charge is 2.53. The molecule has 1 aromatic heterocycles. The monoisotopic (exact) mass is 695 g/mol. The Hall–Kier alpha value is -5.44. The van der Waals surface area contributed by atoms with Crippen molar-refractivity contribution in [2.75, 3.05) is 41.1 Å². The molecular formula is C34H34FN3O10S. The van der Waals surface area contributed by atoms with E-state index >= 15 is 4.39 Å². The topological polar surface area (TPSA) is 154 Å². The van der Waals surface area contributed by atoms with E-state index in [1.165, 1.54) is 33.5 Å². The van der Waals surface area contributed by atoms with E-state index in [1.807, 2.05) is 6.92 Å². The summed E-state index contributed by atoms with van der Waals surface area (Å²) < 4.78 is 63.1. The van der Waals surface area contributed by atoms with E-state index in [9.17, 15) is 14.4 Å². The SMILES string of the molecule is CCCOc1ccc(C2(OC(=O)NCC(=O)OCC)OC(=O)C(c3ccc4nsnc4c3)=C2Cc2cc(OC)c(OC)c(OC)c2)cc1F. The Morgan fingerprint density at radius 1 is 0.939 bits per heavy atom. The molecule has 1 aliphatic rings. The number of nitrogens with zero attached hydrogens (tertiary/aromatic N) is 2. The third-order valence-corrected chi connectivity index (χ3v) is 8.04. The molecule has 5 rings (SSSR count). The molecule has 15 heteroatoms. The summed E-state index contributed by atoms with van der Waals surface area (Å²) in [4.78, 5) is 39.5. The van der Waals surface area contributed by atoms with Crippen molar-refractivity contribution in [3.63, 3.8) is 0 Å². The van der Waals surface area contributed by atoms with Crippen LogP contribution in [0.15, 0.2) is 54.1 Å². The zero-order chi connectivity index (χ0) is 35.1. The van der Waals surface area contributed by atoms with E-state index in [-0.39, 0.29) is 42.1 Å². The van der Waals surface area contributed by atoms with Crippen LogP contribution in [0.25, 0.3) is 16.6 Å². The summed E-state index contributed by atoms with van der Waals surface area (Å²) in [6.07, 6.45) is -0.613. The summed E-state index contributed by atoms with van der Waals surface area (Å²) in [5, 5.41) is 2.33. The number of nitrogens with one attached hydrogen (secondary N) is 1. The first-order valence-corrected chi connectivity index (χ1v) is 15.9. The summed E-state index contributed by atoms with van der Waals surface area (Å²) in [7, 11) is 4.37. The van der Waals surface area contributed by atoms with Gasteiger partial charge in [0.05, 0.1) is 51.8 Å². The lowest BCUT2D eigenvalue weighted by molar-refractivity contribution is -0.185. The molecule has 0 spiro atoms. The van der Waals surface area contributed by atoms with Crippen LogP contribution in [-0.2, 0) is 36.0 Å². The second kappa shape index (κ2) is 15.2. The minimum Gasteiger partial charge on any atom is -0.493 e. The number of methoxy groups -OCH3 is 3. The smallest absolute Gasteiger partial charge is 0.411 e. The highest BCUT2D eigenvalue weighted by molar-refractivity contribution is 7.00. The number of aromatic nitrogens is 2. The number of benzene rings is 3. The number of esters is 2. The molecule has 4 aromatic rings. The van der Waals surface area contributed by atoms with Crippen molar-refractivity contribution >= 4 is 46.4 Å². The molecule has 13 nitrogen and oxygen atoms in total. The van der Waals surface area contributed by atoms with E-state index in [0.29, 0.717) is 45.8 Å². The number of rotatable bonds is 14. The minimum absolute atomic E-state index is 0.0357. The third kappa shape index (κ3) is 7.21. The Labute approximate surface area is 285 Å². The van der Waals surface area contributed by atoms with Crippen LogP contribution in [0.2, 0.25) is 0 Å². The lowest BCUT2D eigenvalue weighted by Gasteiger charge is -2.31. The predicted octanol–water partition coefficient (Wildman–Crippen LogP) is 5.34. The molecule has 1 unspecified atom stereocenters. The summed E-state index contributed by atoms with van der Waals surface area (Å²) in [5.74, 6) is -3.78. The standard InChI is InChI=1S/C34H34FN3O10S/c1-6-12-46-26-11-9-21(17-23(26)35)34(48-33(41)36-18-29(39)45-7-2)22(13-19-14-27(42-3)31(44-5)28(15-19)43-4)30(32(40)47-34)20-8-10-24-25(16-20)38-49-37-24/h8-11,14-17H,6-7,12-13,18H2,1-5H3,(H,36,41). The first-order valence-electron chi connectivity index (χ1n) is 15.2. The van der Waals surface area contributed by atoms with Crippen LogP contribution >= 0.6 is 11.7 Å². The zero-order valence-electron chi connectivity index (χ0n) is 27.4. The van der Waals surface area contributed by atoms with Crippen LogP contribution in [0, 0.1) is 5.82 Å². The Morgan fingerprint density at radius 3 is 2.33 bits per heavy atom. The van der Waals surface area contributed by atoms with Gasteiger partial charge in [-0.1, -0.05) is 13.0 Å². The number of cyclic esters (lactones) is 1. The van der Waals surface area contributed by atoms with E-state index in [4.69, 9.17) is 33.2 Å². The number of fused-ring (bicyclic) bond motifs is 1. The van der Waals surface area contributed by atoms with Gasteiger partial charge in [0.15, 0.2) is 23.1 Å². The summed E-state index contributed by atoms with van der Waals surface area (Å²) in [6, 6.07) is 12.2. The second-order valence-corrected chi connectivity index (χ2v) is 11.1. The molecule has 49 heavy (non-hydrogen) atoms. The van der Waals surface area contributed by atoms with E-state index in [0.717, 1.165) is 17.8 Å². The van der Waals surface area contributed by atoms with Gasteiger partial charge in [0.25, 0.3) is 0 Å². The van der Waals surface area contributed by atoms with Crippen LogP contribution in [0.1, 0.15) is 37.0 Å². The molecule has 0 bridgehead atoms. The van der Waals surface area contributed by atoms with Gasteiger partial charge in [0.2, 0.25) is 5.75 Å². The van der Waals surface area contributed by atoms with Crippen LogP contribution in [-0.4, -0.2) is 67.9 Å². The van der Waals surface area contributed by atoms with Crippen molar-refractivity contribution in [1.29, 1.82) is 0 Å². The number of hydrogen-bond donors (Lipinski definition) is 1. The maximum Gasteiger partial charge on any atom is 0.411 e. The number of ether oxygens (including phenoxy) is 7. The van der Waals surface area contributed by atoms with Crippen LogP contribution in [0.3, 0.4) is 0 Å². The number of hydrogen-bond acceptors (Lipinski definition) is 13. The van der Waals surface area contributed by atoms with Gasteiger partial charge in [-0.2, -0.15) is 8.75 Å². The summed E-state index contributed by atoms with van der Waals surface area (Å²) in [5.41, 5.74) is 2.16. The molecule has 0 saturated carbocycles. The molecule has 1 atom stereocenters. The van der Waals surface area contributed by atoms with Gasteiger partial charge in [-0.25, -0.2) is 14.0 Å². The van der Waals surface area contributed by atoms with Crippen molar-refractivity contribution in [2.45, 2.75) is 32.5 Å². The van der Waals surface area contributed by atoms with Crippen LogP contribution < -0.4 is 24.3 Å². The number of carbonyl (C=O) groups is 3. The highest BCUT2D eigenvalue weighted by Crippen LogP contribution is 2.49. The Bertz CT molecular complexity index is 1890. The summed E-state index contributed by atoms with van der Waals surface area (Å²) in [6.45, 7) is 3.30. The fourth-order valence-corrected chi connectivity index (χ4v) is 5.86. The average molecular weight is 696 g/mol. The fourth-order valence-electron chi connectivity index (χ4n) is 5.34. The molecule has 1 N–H and O–H groups in total. The molecule has 258 valence electrons. The molecule has 1 aliphatic heterocycles. The Balaban J connectivity index is 1.73. The largest absolute Gasteiger partial charge is 0.493 e. The van der Waals surface area contributed by atoms with E-state index in [2.05, 4.69) is 14.1 Å². The molecule has 0 radical (unpaired) electrons. The van der Waals surface area contributed by atoms with Gasteiger partial charge in [-0.05, 0) is 66.9 Å². The first-order chi connectivity index (χ1) is 23.7. The quantitative estimate of drug-likeness (QED) is 0.169. The number of carbonyl (C=O) groups excluding carboxylic acids is 3. The number of halogens is 1. The van der Waals surface area contributed by atoms with E-state index < -0.39 is 36.2 Å². The van der Waals surface area contributed by atoms with Crippen molar-refractivity contribution in [2.24, 2.45) is 0 Å². The lowest BCUT2D eigenvalue weighted by atomic mass is 9.87. The van der Waals surface area contributed by atoms with Crippen molar-refractivity contribution in [3.05, 3.63) is 76.6 Å². The Morgan fingerprint density at radius 2 is 1.67 bits per heavy atom. The molecule has 2 heterocycles. The number of amides is 1. The maximum absolute atomic E-state index is 15.6.